The highest BCUT2D eigenvalue weighted by molar-refractivity contribution is 9.10. The molecule has 0 unspecified atom stereocenters. The normalized spacial score (nSPS) is 15.8. The zero-order valence-electron chi connectivity index (χ0n) is 15.5. The number of nitrogens with one attached hydrogen (secondary N) is 1. The van der Waals surface area contributed by atoms with Crippen LogP contribution >= 0.6 is 15.9 Å². The average molecular weight is 443 g/mol. The maximum atomic E-state index is 12.4. The van der Waals surface area contributed by atoms with Crippen molar-refractivity contribution in [2.24, 2.45) is 0 Å². The fourth-order valence-electron chi connectivity index (χ4n) is 3.49. The first kappa shape index (κ1) is 19.2. The maximum Gasteiger partial charge on any atom is 0.287 e. The van der Waals surface area contributed by atoms with E-state index in [0.717, 1.165) is 47.9 Å². The Labute approximate surface area is 172 Å². The second-order valence-electron chi connectivity index (χ2n) is 7.30. The molecule has 1 aromatic heterocycles. The monoisotopic (exact) mass is 442 g/mol. The van der Waals surface area contributed by atoms with Crippen molar-refractivity contribution in [3.63, 3.8) is 0 Å². The Balaban J connectivity index is 1.32. The Morgan fingerprint density at radius 3 is 2.57 bits per heavy atom. The highest BCUT2D eigenvalue weighted by Crippen LogP contribution is 2.23. The van der Waals surface area contributed by atoms with E-state index in [4.69, 9.17) is 4.42 Å². The van der Waals surface area contributed by atoms with Crippen molar-refractivity contribution in [2.75, 3.05) is 13.1 Å². The quantitative estimate of drug-likeness (QED) is 0.624. The largest absolute Gasteiger partial charge is 0.451 e. The molecule has 146 valence electrons. The molecule has 0 spiro atoms. The summed E-state index contributed by atoms with van der Waals surface area (Å²) in [6.07, 6.45) is 1.56. The number of hydrogen-bond donors (Lipinski definition) is 2. The molecule has 28 heavy (non-hydrogen) atoms. The smallest absolute Gasteiger partial charge is 0.287 e. The molecule has 1 saturated heterocycles. The second-order valence-corrected chi connectivity index (χ2v) is 8.21. The number of fused-ring (bicyclic) bond motifs is 1. The fraction of sp³-hybridized carbons (Fsp3) is 0.318. The summed E-state index contributed by atoms with van der Waals surface area (Å²) in [6.45, 7) is 3.23. The molecule has 5 nitrogen and oxygen atoms in total. The van der Waals surface area contributed by atoms with Crippen LogP contribution in [0.2, 0.25) is 0 Å². The highest BCUT2D eigenvalue weighted by Gasteiger charge is 2.17. The van der Waals surface area contributed by atoms with Gasteiger partial charge in [0.25, 0.3) is 5.91 Å². The predicted octanol–water partition coefficient (Wildman–Crippen LogP) is 4.08. The van der Waals surface area contributed by atoms with Gasteiger partial charge in [-0.3, -0.25) is 9.69 Å². The van der Waals surface area contributed by atoms with E-state index in [1.54, 1.807) is 6.07 Å². The van der Waals surface area contributed by atoms with Crippen LogP contribution in [0, 0.1) is 0 Å². The third kappa shape index (κ3) is 4.63. The summed E-state index contributed by atoms with van der Waals surface area (Å²) in [6, 6.07) is 15.7. The summed E-state index contributed by atoms with van der Waals surface area (Å²) in [5.41, 5.74) is 2.99. The van der Waals surface area contributed by atoms with E-state index in [0.29, 0.717) is 17.9 Å². The number of carbonyl (C=O) groups is 1. The van der Waals surface area contributed by atoms with E-state index < -0.39 is 0 Å². The number of carbonyl (C=O) groups excluding carboxylic acids is 1. The van der Waals surface area contributed by atoms with Gasteiger partial charge in [0.05, 0.1) is 6.10 Å². The summed E-state index contributed by atoms with van der Waals surface area (Å²) in [4.78, 5) is 14.7. The minimum atomic E-state index is -0.219. The van der Waals surface area contributed by atoms with Crippen LogP contribution in [0.5, 0.6) is 0 Å². The molecular weight excluding hydrogens is 420 g/mol. The van der Waals surface area contributed by atoms with E-state index in [1.807, 2.05) is 30.3 Å². The summed E-state index contributed by atoms with van der Waals surface area (Å²) in [5.74, 6) is 0.0975. The van der Waals surface area contributed by atoms with Crippen LogP contribution in [-0.2, 0) is 13.1 Å². The molecule has 2 heterocycles. The highest BCUT2D eigenvalue weighted by atomic mass is 79.9. The van der Waals surface area contributed by atoms with Crippen molar-refractivity contribution in [2.45, 2.75) is 32.0 Å². The van der Waals surface area contributed by atoms with Gasteiger partial charge in [0.1, 0.15) is 5.58 Å². The SMILES string of the molecule is O=C(NCc1ccc(CN2CCC(O)CC2)cc1)c1cc2cc(Br)ccc2o1. The molecule has 1 aliphatic rings. The Hall–Kier alpha value is -2.15. The van der Waals surface area contributed by atoms with Crippen molar-refractivity contribution in [1.29, 1.82) is 0 Å². The zero-order valence-corrected chi connectivity index (χ0v) is 17.1. The van der Waals surface area contributed by atoms with Crippen LogP contribution in [0.25, 0.3) is 11.0 Å². The molecular formula is C22H23BrN2O3. The Kier molecular flexibility index (Phi) is 5.80. The lowest BCUT2D eigenvalue weighted by molar-refractivity contribution is 0.0792. The number of furan rings is 1. The zero-order chi connectivity index (χ0) is 19.5. The molecule has 1 fully saturated rings. The summed E-state index contributed by atoms with van der Waals surface area (Å²) < 4.78 is 6.58. The van der Waals surface area contributed by atoms with Gasteiger partial charge >= 0.3 is 0 Å². The van der Waals surface area contributed by atoms with Crippen LogP contribution in [0.3, 0.4) is 0 Å². The third-order valence-corrected chi connectivity index (χ3v) is 5.63. The molecule has 0 atom stereocenters. The topological polar surface area (TPSA) is 65.7 Å². The molecule has 4 rings (SSSR count). The number of halogens is 1. The standard InChI is InChI=1S/C22H23BrN2O3/c23-18-5-6-20-17(11-18)12-21(28-20)22(27)24-13-15-1-3-16(4-2-15)14-25-9-7-19(26)8-10-25/h1-6,11-12,19,26H,7-10,13-14H2,(H,24,27). The number of aliphatic hydroxyl groups is 1. The first-order chi connectivity index (χ1) is 13.6. The average Bonchev–Trinajstić information content (AvgIpc) is 3.12. The van der Waals surface area contributed by atoms with Gasteiger partial charge in [-0.25, -0.2) is 0 Å². The number of aliphatic hydroxyl groups excluding tert-OH is 1. The molecule has 0 radical (unpaired) electrons. The van der Waals surface area contributed by atoms with Gasteiger partial charge in [0.2, 0.25) is 0 Å². The number of rotatable bonds is 5. The number of benzene rings is 2. The van der Waals surface area contributed by atoms with E-state index in [1.165, 1.54) is 5.56 Å². The second kappa shape index (κ2) is 8.47. The first-order valence-electron chi connectivity index (χ1n) is 9.52. The Bertz CT molecular complexity index is 960. The van der Waals surface area contributed by atoms with E-state index in [2.05, 4.69) is 38.3 Å². The summed E-state index contributed by atoms with van der Waals surface area (Å²) in [5, 5.41) is 13.4. The van der Waals surface area contributed by atoms with Gasteiger partial charge in [-0.1, -0.05) is 40.2 Å². The Morgan fingerprint density at radius 2 is 1.82 bits per heavy atom. The van der Waals surface area contributed by atoms with Gasteiger partial charge in [0.15, 0.2) is 5.76 Å². The van der Waals surface area contributed by atoms with Crippen molar-refractivity contribution in [3.8, 4) is 0 Å². The summed E-state index contributed by atoms with van der Waals surface area (Å²) in [7, 11) is 0. The number of amides is 1. The van der Waals surface area contributed by atoms with Crippen LogP contribution in [0.1, 0.15) is 34.5 Å². The minimum Gasteiger partial charge on any atom is -0.451 e. The lowest BCUT2D eigenvalue weighted by atomic mass is 10.1. The molecule has 2 aromatic carbocycles. The summed E-state index contributed by atoms with van der Waals surface area (Å²) >= 11 is 3.42. The molecule has 1 amide bonds. The van der Waals surface area contributed by atoms with Crippen LogP contribution in [0.15, 0.2) is 57.4 Å². The number of piperidine rings is 1. The van der Waals surface area contributed by atoms with Crippen LogP contribution < -0.4 is 5.32 Å². The molecule has 0 aliphatic carbocycles. The van der Waals surface area contributed by atoms with Crippen molar-refractivity contribution in [3.05, 3.63) is 69.9 Å². The number of likely N-dealkylation sites (tertiary alicyclic amines) is 1. The van der Waals surface area contributed by atoms with Gasteiger partial charge in [-0.2, -0.15) is 0 Å². The predicted molar refractivity (Wildman–Crippen MR) is 112 cm³/mol. The minimum absolute atomic E-state index is 0.143. The van der Waals surface area contributed by atoms with Gasteiger partial charge < -0.3 is 14.8 Å². The van der Waals surface area contributed by atoms with E-state index in [-0.39, 0.29) is 12.0 Å². The molecule has 3 aromatic rings. The molecule has 1 aliphatic heterocycles. The fourth-order valence-corrected chi connectivity index (χ4v) is 3.87. The van der Waals surface area contributed by atoms with Crippen LogP contribution in [0.4, 0.5) is 0 Å². The van der Waals surface area contributed by atoms with Gasteiger partial charge in [0, 0.05) is 36.0 Å². The van der Waals surface area contributed by atoms with Crippen molar-refractivity contribution >= 4 is 32.8 Å². The first-order valence-corrected chi connectivity index (χ1v) is 10.3. The maximum absolute atomic E-state index is 12.4. The lowest BCUT2D eigenvalue weighted by Gasteiger charge is -2.29. The molecule has 0 saturated carbocycles. The van der Waals surface area contributed by atoms with Crippen LogP contribution in [-0.4, -0.2) is 35.1 Å². The third-order valence-electron chi connectivity index (χ3n) is 5.14. The van der Waals surface area contributed by atoms with E-state index >= 15 is 0 Å². The number of nitrogens with zero attached hydrogens (tertiary/aromatic N) is 1. The van der Waals surface area contributed by atoms with Gasteiger partial charge in [-0.15, -0.1) is 0 Å². The van der Waals surface area contributed by atoms with Crippen molar-refractivity contribution in [1.82, 2.24) is 10.2 Å². The van der Waals surface area contributed by atoms with Crippen molar-refractivity contribution < 1.29 is 14.3 Å². The molecule has 0 bridgehead atoms. The number of hydrogen-bond acceptors (Lipinski definition) is 4. The lowest BCUT2D eigenvalue weighted by Crippen LogP contribution is -2.35. The molecule has 2 N–H and O–H groups in total. The molecule has 6 heteroatoms. The Morgan fingerprint density at radius 1 is 1.11 bits per heavy atom. The van der Waals surface area contributed by atoms with Gasteiger partial charge in [-0.05, 0) is 48.2 Å². The van der Waals surface area contributed by atoms with E-state index in [9.17, 15) is 9.90 Å².